The van der Waals surface area contributed by atoms with E-state index in [1.807, 2.05) is 6.92 Å². The number of aromatic nitrogens is 1. The third-order valence-electron chi connectivity index (χ3n) is 3.40. The first-order chi connectivity index (χ1) is 11.1. The van der Waals surface area contributed by atoms with Crippen LogP contribution in [0.25, 0.3) is 11.3 Å². The summed E-state index contributed by atoms with van der Waals surface area (Å²) in [6, 6.07) is 9.94. The maximum atomic E-state index is 11.9. The largest absolute Gasteiger partial charge is 0.457 e. The van der Waals surface area contributed by atoms with Gasteiger partial charge in [0, 0.05) is 23.6 Å². The fourth-order valence-electron chi connectivity index (χ4n) is 2.19. The molecular formula is C17H15BrN2O2S. The molecule has 1 N–H and O–H groups in total. The molecule has 0 radical (unpaired) electrons. The molecule has 0 fully saturated rings. The average Bonchev–Trinajstić information content (AvgIpc) is 3.16. The van der Waals surface area contributed by atoms with Crippen molar-refractivity contribution >= 4 is 33.2 Å². The standard InChI is InChI=1S/C17H15BrN2O2S/c1-11-20-15(10-23-11)13-4-2-12(3-5-13)6-7-19-17(21)14-8-16(18)22-9-14/h2-5,8-10H,6-7H2,1H3,(H,19,21). The Kier molecular flexibility index (Phi) is 4.93. The molecular weight excluding hydrogens is 376 g/mol. The number of benzene rings is 1. The number of carbonyl (C=O) groups excluding carboxylic acids is 1. The molecule has 4 nitrogen and oxygen atoms in total. The van der Waals surface area contributed by atoms with E-state index in [0.29, 0.717) is 16.8 Å². The number of thiazole rings is 1. The Morgan fingerprint density at radius 2 is 2.13 bits per heavy atom. The van der Waals surface area contributed by atoms with Gasteiger partial charge in [0.15, 0.2) is 4.67 Å². The van der Waals surface area contributed by atoms with Crippen LogP contribution < -0.4 is 5.32 Å². The number of nitrogens with zero attached hydrogens (tertiary/aromatic N) is 1. The highest BCUT2D eigenvalue weighted by Crippen LogP contribution is 2.21. The molecule has 0 aliphatic rings. The fraction of sp³-hybridized carbons (Fsp3) is 0.176. The van der Waals surface area contributed by atoms with Gasteiger partial charge >= 0.3 is 0 Å². The number of nitrogens with one attached hydrogen (secondary N) is 1. The van der Waals surface area contributed by atoms with Crippen LogP contribution in [0.2, 0.25) is 0 Å². The van der Waals surface area contributed by atoms with Crippen molar-refractivity contribution in [2.24, 2.45) is 0 Å². The van der Waals surface area contributed by atoms with Gasteiger partial charge in [0.2, 0.25) is 0 Å². The summed E-state index contributed by atoms with van der Waals surface area (Å²) in [5.41, 5.74) is 3.82. The van der Waals surface area contributed by atoms with Crippen molar-refractivity contribution < 1.29 is 9.21 Å². The number of rotatable bonds is 5. The molecule has 1 aromatic carbocycles. The van der Waals surface area contributed by atoms with Crippen LogP contribution in [0.4, 0.5) is 0 Å². The third kappa shape index (κ3) is 4.09. The van der Waals surface area contributed by atoms with E-state index in [1.54, 1.807) is 17.4 Å². The van der Waals surface area contributed by atoms with Crippen molar-refractivity contribution in [3.8, 4) is 11.3 Å². The molecule has 0 unspecified atom stereocenters. The van der Waals surface area contributed by atoms with Crippen LogP contribution in [0.15, 0.2) is 51.1 Å². The van der Waals surface area contributed by atoms with E-state index < -0.39 is 0 Å². The van der Waals surface area contributed by atoms with E-state index in [1.165, 1.54) is 11.8 Å². The zero-order valence-corrected chi connectivity index (χ0v) is 14.9. The molecule has 0 atom stereocenters. The SMILES string of the molecule is Cc1nc(-c2ccc(CCNC(=O)c3coc(Br)c3)cc2)cs1. The lowest BCUT2D eigenvalue weighted by Crippen LogP contribution is -2.25. The van der Waals surface area contributed by atoms with Crippen molar-refractivity contribution in [1.82, 2.24) is 10.3 Å². The van der Waals surface area contributed by atoms with Gasteiger partial charge in [-0.25, -0.2) is 4.98 Å². The van der Waals surface area contributed by atoms with Gasteiger partial charge in [-0.15, -0.1) is 11.3 Å². The van der Waals surface area contributed by atoms with Crippen LogP contribution in [0.3, 0.4) is 0 Å². The van der Waals surface area contributed by atoms with E-state index >= 15 is 0 Å². The second kappa shape index (κ2) is 7.10. The molecule has 2 aromatic heterocycles. The van der Waals surface area contributed by atoms with Gasteiger partial charge in [-0.3, -0.25) is 4.79 Å². The Morgan fingerprint density at radius 1 is 1.35 bits per heavy atom. The molecule has 0 aliphatic heterocycles. The van der Waals surface area contributed by atoms with Crippen LogP contribution in [0.5, 0.6) is 0 Å². The normalized spacial score (nSPS) is 10.7. The molecule has 118 valence electrons. The summed E-state index contributed by atoms with van der Waals surface area (Å²) in [6.07, 6.45) is 2.21. The molecule has 0 bridgehead atoms. The van der Waals surface area contributed by atoms with Crippen LogP contribution in [0, 0.1) is 6.92 Å². The Hall–Kier alpha value is -1.92. The lowest BCUT2D eigenvalue weighted by molar-refractivity contribution is 0.0953. The quantitative estimate of drug-likeness (QED) is 0.699. The monoisotopic (exact) mass is 390 g/mol. The zero-order chi connectivity index (χ0) is 16.2. The number of carbonyl (C=O) groups is 1. The van der Waals surface area contributed by atoms with Crippen molar-refractivity contribution in [2.75, 3.05) is 6.54 Å². The predicted octanol–water partition coefficient (Wildman–Crippen LogP) is 4.45. The van der Waals surface area contributed by atoms with Gasteiger partial charge in [-0.05, 0) is 34.8 Å². The van der Waals surface area contributed by atoms with Crippen LogP contribution >= 0.6 is 27.3 Å². The molecule has 3 rings (SSSR count). The summed E-state index contributed by atoms with van der Waals surface area (Å²) >= 11 is 4.83. The Bertz CT molecular complexity index is 808. The summed E-state index contributed by atoms with van der Waals surface area (Å²) in [5, 5.41) is 6.01. The summed E-state index contributed by atoms with van der Waals surface area (Å²) in [6.45, 7) is 2.58. The summed E-state index contributed by atoms with van der Waals surface area (Å²) in [5.74, 6) is -0.131. The van der Waals surface area contributed by atoms with Gasteiger partial charge < -0.3 is 9.73 Å². The highest BCUT2D eigenvalue weighted by molar-refractivity contribution is 9.10. The van der Waals surface area contributed by atoms with E-state index in [0.717, 1.165) is 22.7 Å². The lowest BCUT2D eigenvalue weighted by Gasteiger charge is -2.05. The molecule has 0 aliphatic carbocycles. The molecule has 3 aromatic rings. The van der Waals surface area contributed by atoms with E-state index in [2.05, 4.69) is 55.9 Å². The van der Waals surface area contributed by atoms with Gasteiger partial charge in [-0.1, -0.05) is 24.3 Å². The van der Waals surface area contributed by atoms with E-state index in [4.69, 9.17) is 4.42 Å². The highest BCUT2D eigenvalue weighted by Gasteiger charge is 2.08. The first-order valence-corrected chi connectivity index (χ1v) is 8.83. The molecule has 23 heavy (non-hydrogen) atoms. The molecule has 0 saturated carbocycles. The Balaban J connectivity index is 1.53. The van der Waals surface area contributed by atoms with Gasteiger partial charge in [0.1, 0.15) is 6.26 Å². The number of furan rings is 1. The fourth-order valence-corrected chi connectivity index (χ4v) is 3.15. The minimum atomic E-state index is -0.131. The molecule has 0 spiro atoms. The smallest absolute Gasteiger partial charge is 0.254 e. The minimum Gasteiger partial charge on any atom is -0.457 e. The van der Waals surface area contributed by atoms with Crippen LogP contribution in [0.1, 0.15) is 20.9 Å². The lowest BCUT2D eigenvalue weighted by atomic mass is 10.1. The topological polar surface area (TPSA) is 55.1 Å². The number of aryl methyl sites for hydroxylation is 1. The van der Waals surface area contributed by atoms with Crippen LogP contribution in [-0.4, -0.2) is 17.4 Å². The molecule has 6 heteroatoms. The maximum Gasteiger partial charge on any atom is 0.254 e. The van der Waals surface area contributed by atoms with Gasteiger partial charge in [0.05, 0.1) is 16.3 Å². The molecule has 1 amide bonds. The van der Waals surface area contributed by atoms with Crippen molar-refractivity contribution in [1.29, 1.82) is 0 Å². The number of amides is 1. The summed E-state index contributed by atoms with van der Waals surface area (Å²) in [7, 11) is 0. The number of hydrogen-bond acceptors (Lipinski definition) is 4. The van der Waals surface area contributed by atoms with Gasteiger partial charge in [-0.2, -0.15) is 0 Å². The molecule has 2 heterocycles. The minimum absolute atomic E-state index is 0.131. The summed E-state index contributed by atoms with van der Waals surface area (Å²) in [4.78, 5) is 16.4. The van der Waals surface area contributed by atoms with Crippen molar-refractivity contribution in [2.45, 2.75) is 13.3 Å². The Morgan fingerprint density at radius 3 is 2.74 bits per heavy atom. The first-order valence-electron chi connectivity index (χ1n) is 7.15. The van der Waals surface area contributed by atoms with E-state index in [9.17, 15) is 4.79 Å². The second-order valence-corrected chi connectivity index (χ2v) is 6.94. The van der Waals surface area contributed by atoms with Gasteiger partial charge in [0.25, 0.3) is 5.91 Å². The second-order valence-electron chi connectivity index (χ2n) is 5.09. The third-order valence-corrected chi connectivity index (χ3v) is 4.59. The average molecular weight is 391 g/mol. The number of hydrogen-bond donors (Lipinski definition) is 1. The number of halogens is 1. The first kappa shape index (κ1) is 16.0. The van der Waals surface area contributed by atoms with Crippen molar-refractivity contribution in [3.05, 3.63) is 62.8 Å². The summed E-state index contributed by atoms with van der Waals surface area (Å²) < 4.78 is 5.61. The zero-order valence-electron chi connectivity index (χ0n) is 12.5. The van der Waals surface area contributed by atoms with E-state index in [-0.39, 0.29) is 5.91 Å². The predicted molar refractivity (Wildman–Crippen MR) is 94.7 cm³/mol. The molecule has 0 saturated heterocycles. The Labute approximate surface area is 146 Å². The van der Waals surface area contributed by atoms with Crippen molar-refractivity contribution in [3.63, 3.8) is 0 Å². The maximum absolute atomic E-state index is 11.9. The van der Waals surface area contributed by atoms with Crippen LogP contribution in [-0.2, 0) is 6.42 Å². The highest BCUT2D eigenvalue weighted by atomic mass is 79.9.